The molecule has 0 saturated heterocycles. The minimum absolute atomic E-state index is 0.00555. The Morgan fingerprint density at radius 3 is 2.61 bits per heavy atom. The van der Waals surface area contributed by atoms with Gasteiger partial charge in [-0.25, -0.2) is 17.6 Å². The van der Waals surface area contributed by atoms with Crippen LogP contribution in [0.4, 0.5) is 23.2 Å². The van der Waals surface area contributed by atoms with Crippen molar-refractivity contribution in [3.8, 4) is 16.9 Å². The fourth-order valence-corrected chi connectivity index (χ4v) is 5.04. The van der Waals surface area contributed by atoms with Crippen molar-refractivity contribution in [2.45, 2.75) is 18.8 Å². The molecule has 0 unspecified atom stereocenters. The lowest BCUT2D eigenvalue weighted by Crippen LogP contribution is -2.47. The van der Waals surface area contributed by atoms with Gasteiger partial charge in [-0.05, 0) is 41.8 Å². The van der Waals surface area contributed by atoms with Crippen LogP contribution in [0.25, 0.3) is 22.0 Å². The van der Waals surface area contributed by atoms with Crippen molar-refractivity contribution in [3.05, 3.63) is 89.1 Å². The van der Waals surface area contributed by atoms with Crippen LogP contribution in [0.15, 0.2) is 54.7 Å². The molecule has 2 heterocycles. The molecule has 0 bridgehead atoms. The van der Waals surface area contributed by atoms with Gasteiger partial charge in [0.2, 0.25) is 0 Å². The fourth-order valence-electron chi connectivity index (χ4n) is 5.04. The second-order valence-electron chi connectivity index (χ2n) is 9.21. The van der Waals surface area contributed by atoms with Crippen LogP contribution in [0.2, 0.25) is 0 Å². The summed E-state index contributed by atoms with van der Waals surface area (Å²) in [7, 11) is 0. The summed E-state index contributed by atoms with van der Waals surface area (Å²) in [6, 6.07) is 10.7. The third-order valence-electron chi connectivity index (χ3n) is 6.86. The zero-order valence-corrected chi connectivity index (χ0v) is 19.7. The van der Waals surface area contributed by atoms with E-state index >= 15 is 4.39 Å². The standard InChI is InChI=1S/C28H19F4N3O3/c29-15-11-18(26(32)21(31)12-15)25-20(30)6-5-17-24(14-9-16(36)10-14)19(13-33-27(17)25)28(37)34-35-7-8-38-23-4-2-1-3-22(23)35/h1-6,11-14H,7-10H2,(H,34,37). The van der Waals surface area contributed by atoms with Gasteiger partial charge < -0.3 is 4.74 Å². The molecule has 1 aliphatic carbocycles. The molecule has 4 aromatic rings. The molecule has 0 spiro atoms. The van der Waals surface area contributed by atoms with Gasteiger partial charge in [0.1, 0.15) is 29.8 Å². The summed E-state index contributed by atoms with van der Waals surface area (Å²) in [6.07, 6.45) is 1.55. The third kappa shape index (κ3) is 3.93. The summed E-state index contributed by atoms with van der Waals surface area (Å²) in [4.78, 5) is 29.7. The lowest BCUT2D eigenvalue weighted by atomic mass is 9.75. The van der Waals surface area contributed by atoms with Crippen LogP contribution in [0.5, 0.6) is 5.75 Å². The van der Waals surface area contributed by atoms with Crippen LogP contribution in [-0.4, -0.2) is 29.8 Å². The van der Waals surface area contributed by atoms with Crippen LogP contribution in [0, 0.1) is 23.3 Å². The average Bonchev–Trinajstić information content (AvgIpc) is 2.88. The Kier molecular flexibility index (Phi) is 5.74. The quantitative estimate of drug-likeness (QED) is 0.286. The third-order valence-corrected chi connectivity index (χ3v) is 6.86. The predicted octanol–water partition coefficient (Wildman–Crippen LogP) is 5.45. The zero-order chi connectivity index (χ0) is 26.6. The summed E-state index contributed by atoms with van der Waals surface area (Å²) < 4.78 is 63.4. The Morgan fingerprint density at radius 1 is 1.03 bits per heavy atom. The van der Waals surface area contributed by atoms with Gasteiger partial charge in [-0.1, -0.05) is 12.1 Å². The summed E-state index contributed by atoms with van der Waals surface area (Å²) >= 11 is 0. The molecular formula is C28H19F4N3O3. The highest BCUT2D eigenvalue weighted by atomic mass is 19.2. The molecule has 6 nitrogen and oxygen atoms in total. The number of aromatic nitrogens is 1. The Balaban J connectivity index is 1.49. The number of carbonyl (C=O) groups is 2. The van der Waals surface area contributed by atoms with Crippen molar-refractivity contribution in [1.29, 1.82) is 0 Å². The van der Waals surface area contributed by atoms with E-state index in [1.54, 1.807) is 23.2 Å². The van der Waals surface area contributed by atoms with Crippen LogP contribution < -0.4 is 15.2 Å². The van der Waals surface area contributed by atoms with E-state index in [1.165, 1.54) is 12.3 Å². The predicted molar refractivity (Wildman–Crippen MR) is 131 cm³/mol. The molecular weight excluding hydrogens is 502 g/mol. The van der Waals surface area contributed by atoms with Gasteiger partial charge in [-0.3, -0.25) is 25.0 Å². The van der Waals surface area contributed by atoms with Crippen molar-refractivity contribution < 1.29 is 31.9 Å². The number of benzene rings is 3. The number of carbonyl (C=O) groups excluding carboxylic acids is 2. The molecule has 1 aromatic heterocycles. The number of hydrazine groups is 1. The molecule has 192 valence electrons. The molecule has 2 aliphatic rings. The highest BCUT2D eigenvalue weighted by Crippen LogP contribution is 2.42. The van der Waals surface area contributed by atoms with E-state index < -0.39 is 40.3 Å². The van der Waals surface area contributed by atoms with Crippen molar-refractivity contribution in [3.63, 3.8) is 0 Å². The van der Waals surface area contributed by atoms with Crippen molar-refractivity contribution >= 4 is 28.3 Å². The maximum Gasteiger partial charge on any atom is 0.271 e. The lowest BCUT2D eigenvalue weighted by molar-refractivity contribution is -0.124. The van der Waals surface area contributed by atoms with Gasteiger partial charge in [0.05, 0.1) is 23.3 Å². The van der Waals surface area contributed by atoms with Gasteiger partial charge in [-0.15, -0.1) is 0 Å². The molecule has 3 aromatic carbocycles. The molecule has 1 fully saturated rings. The van der Waals surface area contributed by atoms with E-state index in [0.29, 0.717) is 42.3 Å². The van der Waals surface area contributed by atoms with Gasteiger partial charge in [0, 0.05) is 41.6 Å². The maximum absolute atomic E-state index is 15.0. The number of Topliss-reactive ketones (excluding diaryl/α,β-unsaturated/α-hetero) is 1. The molecule has 1 N–H and O–H groups in total. The molecule has 6 rings (SSSR count). The number of anilines is 1. The topological polar surface area (TPSA) is 71.5 Å². The smallest absolute Gasteiger partial charge is 0.271 e. The van der Waals surface area contributed by atoms with Gasteiger partial charge in [0.25, 0.3) is 5.91 Å². The van der Waals surface area contributed by atoms with Gasteiger partial charge in [-0.2, -0.15) is 0 Å². The molecule has 0 atom stereocenters. The van der Waals surface area contributed by atoms with Crippen LogP contribution in [-0.2, 0) is 4.79 Å². The number of nitrogens with zero attached hydrogens (tertiary/aromatic N) is 2. The van der Waals surface area contributed by atoms with Crippen molar-refractivity contribution in [2.24, 2.45) is 0 Å². The molecule has 38 heavy (non-hydrogen) atoms. The van der Waals surface area contributed by atoms with E-state index in [1.807, 2.05) is 6.07 Å². The second kappa shape index (κ2) is 9.13. The number of hydrogen-bond donors (Lipinski definition) is 1. The number of hydrogen-bond acceptors (Lipinski definition) is 5. The number of ketones is 1. The fraction of sp³-hybridized carbons (Fsp3) is 0.179. The zero-order valence-electron chi connectivity index (χ0n) is 19.7. The summed E-state index contributed by atoms with van der Waals surface area (Å²) in [5, 5.41) is 1.93. The molecule has 0 radical (unpaired) electrons. The number of amides is 1. The number of pyridine rings is 1. The number of nitrogens with one attached hydrogen (secondary N) is 1. The SMILES string of the molecule is O=C1CC(c2c(C(=O)NN3CCOc4ccccc43)cnc3c(-c4cc(F)cc(F)c4F)c(F)ccc23)C1. The first-order valence-corrected chi connectivity index (χ1v) is 11.9. The van der Waals surface area contributed by atoms with E-state index in [0.717, 1.165) is 6.07 Å². The van der Waals surface area contributed by atoms with Gasteiger partial charge in [0.15, 0.2) is 11.6 Å². The maximum atomic E-state index is 15.0. The van der Waals surface area contributed by atoms with E-state index in [4.69, 9.17) is 4.74 Å². The van der Waals surface area contributed by atoms with E-state index in [-0.39, 0.29) is 41.0 Å². The Labute approximate surface area is 213 Å². The Hall–Kier alpha value is -4.47. The minimum Gasteiger partial charge on any atom is -0.489 e. The normalized spacial score (nSPS) is 15.2. The summed E-state index contributed by atoms with van der Waals surface area (Å²) in [5.74, 6) is -5.19. The van der Waals surface area contributed by atoms with E-state index in [2.05, 4.69) is 10.4 Å². The first kappa shape index (κ1) is 23.9. The first-order valence-electron chi connectivity index (χ1n) is 11.9. The largest absolute Gasteiger partial charge is 0.489 e. The van der Waals surface area contributed by atoms with Crippen molar-refractivity contribution in [1.82, 2.24) is 10.4 Å². The summed E-state index contributed by atoms with van der Waals surface area (Å²) in [6.45, 7) is 0.719. The minimum atomic E-state index is -1.47. The first-order chi connectivity index (χ1) is 18.3. The average molecular weight is 521 g/mol. The molecule has 10 heteroatoms. The van der Waals surface area contributed by atoms with Crippen LogP contribution in [0.3, 0.4) is 0 Å². The highest BCUT2D eigenvalue weighted by molar-refractivity contribution is 6.05. The van der Waals surface area contributed by atoms with E-state index in [9.17, 15) is 22.8 Å². The highest BCUT2D eigenvalue weighted by Gasteiger charge is 2.34. The van der Waals surface area contributed by atoms with Gasteiger partial charge >= 0.3 is 0 Å². The molecule has 1 amide bonds. The summed E-state index contributed by atoms with van der Waals surface area (Å²) in [5.41, 5.74) is 2.97. The van der Waals surface area contributed by atoms with Crippen LogP contribution in [0.1, 0.15) is 34.7 Å². The molecule has 1 aliphatic heterocycles. The number of ether oxygens (including phenoxy) is 1. The molecule has 1 saturated carbocycles. The Bertz CT molecular complexity index is 1630. The monoisotopic (exact) mass is 521 g/mol. The lowest BCUT2D eigenvalue weighted by Gasteiger charge is -2.32. The number of para-hydroxylation sites is 2. The number of halogens is 4. The number of fused-ring (bicyclic) bond motifs is 2. The number of rotatable bonds is 4. The Morgan fingerprint density at radius 2 is 1.82 bits per heavy atom. The van der Waals surface area contributed by atoms with Crippen molar-refractivity contribution in [2.75, 3.05) is 18.2 Å². The second-order valence-corrected chi connectivity index (χ2v) is 9.21. The van der Waals surface area contributed by atoms with Crippen LogP contribution >= 0.6 is 0 Å².